The number of hydrogen-bond acceptors (Lipinski definition) is 4. The quantitative estimate of drug-likeness (QED) is 0.217. The van der Waals surface area contributed by atoms with Crippen molar-refractivity contribution >= 4 is 51.5 Å². The van der Waals surface area contributed by atoms with E-state index in [0.717, 1.165) is 11.1 Å². The second-order valence-corrected chi connectivity index (χ2v) is 8.39. The highest BCUT2D eigenvalue weighted by molar-refractivity contribution is 6.40. The number of rotatable bonds is 8. The fourth-order valence-electron chi connectivity index (χ4n) is 3.73. The van der Waals surface area contributed by atoms with E-state index >= 15 is 0 Å². The Bertz CT molecular complexity index is 1320. The van der Waals surface area contributed by atoms with Crippen LogP contribution in [0.2, 0.25) is 10.0 Å². The van der Waals surface area contributed by atoms with Crippen molar-refractivity contribution in [2.75, 3.05) is 11.9 Å². The van der Waals surface area contributed by atoms with Gasteiger partial charge in [0.05, 0.1) is 22.8 Å². The number of ketones is 1. The number of benzene rings is 3. The van der Waals surface area contributed by atoms with Crippen LogP contribution in [0.5, 0.6) is 0 Å². The number of aromatic amines is 1. The number of H-pyrrole nitrogens is 1. The highest BCUT2D eigenvalue weighted by Gasteiger charge is 2.21. The molecule has 0 atom stereocenters. The molecular formula is C26H22Cl2N2O3. The Morgan fingerprint density at radius 3 is 2.48 bits per heavy atom. The number of fused-ring (bicyclic) bond motifs is 1. The molecule has 5 nitrogen and oxygen atoms in total. The molecule has 0 aliphatic heterocycles. The minimum atomic E-state index is -0.481. The monoisotopic (exact) mass is 480 g/mol. The van der Waals surface area contributed by atoms with Gasteiger partial charge < -0.3 is 15.0 Å². The summed E-state index contributed by atoms with van der Waals surface area (Å²) in [4.78, 5) is 28.2. The van der Waals surface area contributed by atoms with E-state index in [1.165, 1.54) is 0 Å². The van der Waals surface area contributed by atoms with Crippen molar-refractivity contribution in [3.8, 4) is 0 Å². The molecule has 0 amide bonds. The van der Waals surface area contributed by atoms with E-state index < -0.39 is 5.97 Å². The summed E-state index contributed by atoms with van der Waals surface area (Å²) >= 11 is 12.6. The van der Waals surface area contributed by atoms with Crippen LogP contribution in [0.25, 0.3) is 10.9 Å². The highest BCUT2D eigenvalue weighted by Crippen LogP contribution is 2.36. The van der Waals surface area contributed by atoms with Crippen LogP contribution < -0.4 is 5.32 Å². The maximum Gasteiger partial charge on any atom is 0.356 e. The summed E-state index contributed by atoms with van der Waals surface area (Å²) in [6, 6.07) is 20.4. The first-order valence-corrected chi connectivity index (χ1v) is 11.3. The van der Waals surface area contributed by atoms with Gasteiger partial charge >= 0.3 is 5.97 Å². The van der Waals surface area contributed by atoms with Gasteiger partial charge in [0.2, 0.25) is 0 Å². The third-order valence-corrected chi connectivity index (χ3v) is 5.73. The number of ether oxygens (including phenoxy) is 1. The number of carbonyl (C=O) groups excluding carboxylic acids is 2. The van der Waals surface area contributed by atoms with E-state index in [9.17, 15) is 9.59 Å². The molecule has 0 saturated carbocycles. The summed E-state index contributed by atoms with van der Waals surface area (Å²) in [5, 5.41) is 4.88. The summed E-state index contributed by atoms with van der Waals surface area (Å²) in [6.07, 6.45) is 0.309. The second kappa shape index (κ2) is 10.1. The standard InChI is InChI=1S/C26H22Cl2N2O3/c1-2-33-26(32)25-24(23-20(28)13-19(27)14-21(23)30-25)29-15-17-8-6-7-16(11-17)12-22(31)18-9-4-3-5-10-18/h3-11,13-14,29-30H,2,12,15H2,1H3. The fraction of sp³-hybridized carbons (Fsp3) is 0.154. The van der Waals surface area contributed by atoms with Crippen molar-refractivity contribution in [1.82, 2.24) is 4.98 Å². The number of Topliss-reactive ketones (excluding diaryl/α,β-unsaturated/α-hetero) is 1. The van der Waals surface area contributed by atoms with Gasteiger partial charge in [0.25, 0.3) is 0 Å². The molecule has 2 N–H and O–H groups in total. The van der Waals surface area contributed by atoms with Crippen LogP contribution >= 0.6 is 23.2 Å². The Balaban J connectivity index is 1.58. The third-order valence-electron chi connectivity index (χ3n) is 5.22. The van der Waals surface area contributed by atoms with E-state index in [-0.39, 0.29) is 18.1 Å². The minimum Gasteiger partial charge on any atom is -0.461 e. The van der Waals surface area contributed by atoms with E-state index in [2.05, 4.69) is 10.3 Å². The summed E-state index contributed by atoms with van der Waals surface area (Å²) in [5.41, 5.74) is 4.04. The van der Waals surface area contributed by atoms with Gasteiger partial charge in [0.15, 0.2) is 5.78 Å². The van der Waals surface area contributed by atoms with Gasteiger partial charge in [-0.3, -0.25) is 4.79 Å². The van der Waals surface area contributed by atoms with Crippen LogP contribution in [-0.2, 0) is 17.7 Å². The fourth-order valence-corrected chi connectivity index (χ4v) is 4.32. The molecule has 0 radical (unpaired) electrons. The van der Waals surface area contributed by atoms with Crippen molar-refractivity contribution in [3.63, 3.8) is 0 Å². The topological polar surface area (TPSA) is 71.2 Å². The molecule has 4 rings (SSSR count). The predicted octanol–water partition coefficient (Wildman–Crippen LogP) is 6.69. The van der Waals surface area contributed by atoms with Gasteiger partial charge in [-0.1, -0.05) is 77.8 Å². The Morgan fingerprint density at radius 2 is 1.73 bits per heavy atom. The predicted molar refractivity (Wildman–Crippen MR) is 133 cm³/mol. The molecule has 1 heterocycles. The third kappa shape index (κ3) is 5.21. The van der Waals surface area contributed by atoms with Crippen LogP contribution in [0.15, 0.2) is 66.7 Å². The van der Waals surface area contributed by atoms with Gasteiger partial charge in [-0.05, 0) is 30.2 Å². The van der Waals surface area contributed by atoms with Crippen molar-refractivity contribution < 1.29 is 14.3 Å². The first kappa shape index (κ1) is 22.9. The van der Waals surface area contributed by atoms with E-state index in [4.69, 9.17) is 27.9 Å². The van der Waals surface area contributed by atoms with Gasteiger partial charge in [-0.15, -0.1) is 0 Å². The lowest BCUT2D eigenvalue weighted by atomic mass is 10.0. The van der Waals surface area contributed by atoms with Gasteiger partial charge in [-0.25, -0.2) is 4.79 Å². The molecule has 33 heavy (non-hydrogen) atoms. The molecule has 3 aromatic carbocycles. The SMILES string of the molecule is CCOC(=O)c1[nH]c2cc(Cl)cc(Cl)c2c1NCc1cccc(CC(=O)c2ccccc2)c1. The summed E-state index contributed by atoms with van der Waals surface area (Å²) in [5.74, 6) is -0.420. The van der Waals surface area contributed by atoms with Crippen LogP contribution in [0.4, 0.5) is 5.69 Å². The average Bonchev–Trinajstić information content (AvgIpc) is 3.17. The lowest BCUT2D eigenvalue weighted by molar-refractivity contribution is 0.0521. The Hall–Kier alpha value is -3.28. The normalized spacial score (nSPS) is 10.9. The smallest absolute Gasteiger partial charge is 0.356 e. The van der Waals surface area contributed by atoms with Crippen molar-refractivity contribution in [2.45, 2.75) is 19.9 Å². The second-order valence-electron chi connectivity index (χ2n) is 7.55. The van der Waals surface area contributed by atoms with Crippen molar-refractivity contribution in [3.05, 3.63) is 99.2 Å². The molecule has 0 aliphatic carbocycles. The molecule has 0 spiro atoms. The minimum absolute atomic E-state index is 0.0607. The van der Waals surface area contributed by atoms with E-state index in [1.807, 2.05) is 54.6 Å². The zero-order chi connectivity index (χ0) is 23.4. The molecule has 4 aromatic rings. The number of halogens is 2. The Labute approximate surface area is 201 Å². The number of esters is 1. The largest absolute Gasteiger partial charge is 0.461 e. The Morgan fingerprint density at radius 1 is 0.970 bits per heavy atom. The summed E-state index contributed by atoms with van der Waals surface area (Å²) < 4.78 is 5.20. The zero-order valence-electron chi connectivity index (χ0n) is 18.0. The summed E-state index contributed by atoms with van der Waals surface area (Å²) in [6.45, 7) is 2.42. The van der Waals surface area contributed by atoms with Crippen molar-refractivity contribution in [1.29, 1.82) is 0 Å². The summed E-state index contributed by atoms with van der Waals surface area (Å²) in [7, 11) is 0. The van der Waals surface area contributed by atoms with Gasteiger partial charge in [0.1, 0.15) is 5.69 Å². The highest BCUT2D eigenvalue weighted by atomic mass is 35.5. The van der Waals surface area contributed by atoms with E-state index in [1.54, 1.807) is 19.1 Å². The first-order valence-electron chi connectivity index (χ1n) is 10.5. The number of carbonyl (C=O) groups is 2. The zero-order valence-corrected chi connectivity index (χ0v) is 19.5. The lowest BCUT2D eigenvalue weighted by Crippen LogP contribution is -2.10. The van der Waals surface area contributed by atoms with E-state index in [0.29, 0.717) is 45.2 Å². The number of nitrogens with one attached hydrogen (secondary N) is 2. The molecule has 0 saturated heterocycles. The molecule has 0 aliphatic rings. The molecule has 168 valence electrons. The molecule has 0 bridgehead atoms. The molecule has 7 heteroatoms. The average molecular weight is 481 g/mol. The number of anilines is 1. The van der Waals surface area contributed by atoms with Crippen LogP contribution in [0, 0.1) is 0 Å². The Kier molecular flexibility index (Phi) is 7.02. The van der Waals surface area contributed by atoms with Crippen LogP contribution in [0.1, 0.15) is 38.9 Å². The lowest BCUT2D eigenvalue weighted by Gasteiger charge is -2.10. The molecule has 1 aromatic heterocycles. The number of hydrogen-bond donors (Lipinski definition) is 2. The molecule has 0 unspecified atom stereocenters. The molecule has 0 fully saturated rings. The van der Waals surface area contributed by atoms with Crippen molar-refractivity contribution in [2.24, 2.45) is 0 Å². The van der Waals surface area contributed by atoms with Gasteiger partial charge in [0, 0.05) is 28.9 Å². The first-order chi connectivity index (χ1) is 16.0. The number of aromatic nitrogens is 1. The molecular weight excluding hydrogens is 459 g/mol. The van der Waals surface area contributed by atoms with Crippen LogP contribution in [-0.4, -0.2) is 23.3 Å². The maximum absolute atomic E-state index is 12.6. The maximum atomic E-state index is 12.6. The van der Waals surface area contributed by atoms with Crippen LogP contribution in [0.3, 0.4) is 0 Å². The van der Waals surface area contributed by atoms with Gasteiger partial charge in [-0.2, -0.15) is 0 Å².